The van der Waals surface area contributed by atoms with Crippen molar-refractivity contribution in [2.75, 3.05) is 26.3 Å². The number of ether oxygens (including phenoxy) is 1. The van der Waals surface area contributed by atoms with E-state index < -0.39 is 0 Å². The fourth-order valence-electron chi connectivity index (χ4n) is 2.13. The van der Waals surface area contributed by atoms with Crippen molar-refractivity contribution in [1.29, 1.82) is 0 Å². The summed E-state index contributed by atoms with van der Waals surface area (Å²) < 4.78 is 5.28. The molecule has 0 aliphatic carbocycles. The second-order valence-corrected chi connectivity index (χ2v) is 6.16. The first kappa shape index (κ1) is 14.8. The summed E-state index contributed by atoms with van der Waals surface area (Å²) in [6.45, 7) is 9.68. The van der Waals surface area contributed by atoms with Gasteiger partial charge in [0.15, 0.2) is 5.78 Å². The topological polar surface area (TPSA) is 29.5 Å². The maximum absolute atomic E-state index is 12.1. The average Bonchev–Trinajstić information content (AvgIpc) is 2.45. The first-order valence-electron chi connectivity index (χ1n) is 7.12. The molecule has 0 unspecified atom stereocenters. The van der Waals surface area contributed by atoms with Crippen LogP contribution in [0.3, 0.4) is 0 Å². The summed E-state index contributed by atoms with van der Waals surface area (Å²) in [5.41, 5.74) is 2.10. The highest BCUT2D eigenvalue weighted by Gasteiger charge is 2.13. The Bertz CT molecular complexity index is 477. The highest BCUT2D eigenvalue weighted by Crippen LogP contribution is 2.22. The van der Waals surface area contributed by atoms with E-state index in [9.17, 15) is 4.79 Å². The molecule has 0 spiro atoms. The molecule has 0 N–H and O–H groups in total. The third-order valence-electron chi connectivity index (χ3n) is 3.52. The van der Waals surface area contributed by atoms with Crippen LogP contribution in [0.2, 0.25) is 0 Å². The van der Waals surface area contributed by atoms with Gasteiger partial charge in [-0.1, -0.05) is 45.0 Å². The predicted octanol–water partition coefficient (Wildman–Crippen LogP) is 3.01. The van der Waals surface area contributed by atoms with Gasteiger partial charge in [0.2, 0.25) is 0 Å². The van der Waals surface area contributed by atoms with Crippen molar-refractivity contribution < 1.29 is 9.53 Å². The first-order valence-corrected chi connectivity index (χ1v) is 7.12. The van der Waals surface area contributed by atoms with Crippen LogP contribution in [0, 0.1) is 0 Å². The van der Waals surface area contributed by atoms with E-state index in [2.05, 4.69) is 25.7 Å². The van der Waals surface area contributed by atoms with Gasteiger partial charge >= 0.3 is 0 Å². The number of carbonyl (C=O) groups is 1. The smallest absolute Gasteiger partial charge is 0.187 e. The van der Waals surface area contributed by atoms with Gasteiger partial charge in [0.1, 0.15) is 0 Å². The van der Waals surface area contributed by atoms with E-state index in [1.54, 1.807) is 6.08 Å². The van der Waals surface area contributed by atoms with Gasteiger partial charge in [0.05, 0.1) is 13.2 Å². The fraction of sp³-hybridized carbons (Fsp3) is 0.471. The molecule has 3 nitrogen and oxygen atoms in total. The van der Waals surface area contributed by atoms with Crippen LogP contribution < -0.4 is 0 Å². The van der Waals surface area contributed by atoms with Crippen LogP contribution in [0.25, 0.3) is 0 Å². The van der Waals surface area contributed by atoms with Gasteiger partial charge in [-0.3, -0.25) is 4.79 Å². The predicted molar refractivity (Wildman–Crippen MR) is 81.0 cm³/mol. The van der Waals surface area contributed by atoms with Gasteiger partial charge in [-0.2, -0.15) is 0 Å². The minimum atomic E-state index is 0.0527. The molecule has 1 aromatic carbocycles. The van der Waals surface area contributed by atoms with Crippen LogP contribution in [0.15, 0.2) is 36.5 Å². The van der Waals surface area contributed by atoms with E-state index in [1.165, 1.54) is 5.56 Å². The monoisotopic (exact) mass is 273 g/mol. The lowest BCUT2D eigenvalue weighted by Gasteiger charge is -2.24. The van der Waals surface area contributed by atoms with Crippen molar-refractivity contribution in [2.24, 2.45) is 0 Å². The number of benzene rings is 1. The van der Waals surface area contributed by atoms with Crippen molar-refractivity contribution in [2.45, 2.75) is 26.2 Å². The Balaban J connectivity index is 2.00. The number of hydrogen-bond acceptors (Lipinski definition) is 3. The van der Waals surface area contributed by atoms with E-state index in [0.29, 0.717) is 0 Å². The molecule has 0 atom stereocenters. The molecule has 20 heavy (non-hydrogen) atoms. The maximum atomic E-state index is 12.1. The Morgan fingerprint density at radius 3 is 2.30 bits per heavy atom. The zero-order valence-electron chi connectivity index (χ0n) is 12.6. The zero-order valence-corrected chi connectivity index (χ0v) is 12.6. The number of hydrogen-bond donors (Lipinski definition) is 0. The average molecular weight is 273 g/mol. The molecule has 2 rings (SSSR count). The van der Waals surface area contributed by atoms with Crippen molar-refractivity contribution in [3.8, 4) is 0 Å². The van der Waals surface area contributed by atoms with E-state index in [4.69, 9.17) is 4.74 Å². The second kappa shape index (κ2) is 6.23. The molecular weight excluding hydrogens is 250 g/mol. The van der Waals surface area contributed by atoms with E-state index >= 15 is 0 Å². The summed E-state index contributed by atoms with van der Waals surface area (Å²) in [4.78, 5) is 14.2. The van der Waals surface area contributed by atoms with Crippen LogP contribution in [0.5, 0.6) is 0 Å². The summed E-state index contributed by atoms with van der Waals surface area (Å²) in [5.74, 6) is 0.0527. The summed E-state index contributed by atoms with van der Waals surface area (Å²) in [6, 6.07) is 7.89. The van der Waals surface area contributed by atoms with Crippen LogP contribution in [-0.4, -0.2) is 37.0 Å². The highest BCUT2D eigenvalue weighted by molar-refractivity contribution is 6.04. The largest absolute Gasteiger partial charge is 0.378 e. The Labute approximate surface area is 121 Å². The van der Waals surface area contributed by atoms with Crippen LogP contribution in [0.1, 0.15) is 36.7 Å². The Morgan fingerprint density at radius 1 is 1.15 bits per heavy atom. The van der Waals surface area contributed by atoms with E-state index in [0.717, 1.165) is 31.9 Å². The van der Waals surface area contributed by atoms with E-state index in [-0.39, 0.29) is 11.2 Å². The summed E-state index contributed by atoms with van der Waals surface area (Å²) in [7, 11) is 0. The number of nitrogens with zero attached hydrogens (tertiary/aromatic N) is 1. The van der Waals surface area contributed by atoms with Crippen LogP contribution in [0.4, 0.5) is 0 Å². The molecule has 1 aromatic rings. The Morgan fingerprint density at radius 2 is 1.75 bits per heavy atom. The number of morpholine rings is 1. The Hall–Kier alpha value is -1.61. The van der Waals surface area contributed by atoms with Gasteiger partial charge in [-0.25, -0.2) is 0 Å². The second-order valence-electron chi connectivity index (χ2n) is 6.16. The minimum Gasteiger partial charge on any atom is -0.378 e. The third-order valence-corrected chi connectivity index (χ3v) is 3.52. The molecular formula is C17H23NO2. The lowest BCUT2D eigenvalue weighted by Crippen LogP contribution is -2.32. The summed E-state index contributed by atoms with van der Waals surface area (Å²) >= 11 is 0. The number of allylic oxidation sites excluding steroid dienone is 1. The van der Waals surface area contributed by atoms with Gasteiger partial charge in [-0.15, -0.1) is 0 Å². The highest BCUT2D eigenvalue weighted by atomic mass is 16.5. The fourth-order valence-corrected chi connectivity index (χ4v) is 2.13. The lowest BCUT2D eigenvalue weighted by atomic mass is 9.86. The maximum Gasteiger partial charge on any atom is 0.187 e. The molecule has 108 valence electrons. The lowest BCUT2D eigenvalue weighted by molar-refractivity contribution is 0.0591. The third kappa shape index (κ3) is 3.94. The number of carbonyl (C=O) groups excluding carboxylic acids is 1. The zero-order chi connectivity index (χ0) is 14.6. The molecule has 0 amide bonds. The molecule has 0 bridgehead atoms. The molecule has 1 heterocycles. The molecule has 3 heteroatoms. The van der Waals surface area contributed by atoms with Gasteiger partial charge in [0, 0.05) is 30.9 Å². The number of rotatable bonds is 3. The number of ketones is 1. The normalized spacial score (nSPS) is 16.6. The van der Waals surface area contributed by atoms with Crippen LogP contribution >= 0.6 is 0 Å². The summed E-state index contributed by atoms with van der Waals surface area (Å²) in [6.07, 6.45) is 3.53. The van der Waals surface area contributed by atoms with Gasteiger partial charge in [-0.05, 0) is 11.0 Å². The minimum absolute atomic E-state index is 0.0527. The first-order chi connectivity index (χ1) is 9.47. The van der Waals surface area contributed by atoms with Crippen LogP contribution in [-0.2, 0) is 10.2 Å². The SMILES string of the molecule is CC(C)(C)c1ccc(C(=O)/C=C/N2CCOCC2)cc1. The standard InChI is InChI=1S/C17H23NO2/c1-17(2,3)15-6-4-14(5-7-15)16(19)8-9-18-10-12-20-13-11-18/h4-9H,10-13H2,1-3H3/b9-8+. The molecule has 1 saturated heterocycles. The molecule has 1 fully saturated rings. The van der Waals surface area contributed by atoms with Crippen molar-refractivity contribution >= 4 is 5.78 Å². The molecule has 0 saturated carbocycles. The van der Waals surface area contributed by atoms with E-state index in [1.807, 2.05) is 30.5 Å². The quantitative estimate of drug-likeness (QED) is 0.626. The van der Waals surface area contributed by atoms with Gasteiger partial charge < -0.3 is 9.64 Å². The molecule has 0 radical (unpaired) electrons. The van der Waals surface area contributed by atoms with Gasteiger partial charge in [0.25, 0.3) is 0 Å². The molecule has 1 aliphatic heterocycles. The van der Waals surface area contributed by atoms with Crippen molar-refractivity contribution in [3.05, 3.63) is 47.7 Å². The molecule has 1 aliphatic rings. The van der Waals surface area contributed by atoms with Crippen molar-refractivity contribution in [1.82, 2.24) is 4.90 Å². The molecule has 0 aromatic heterocycles. The van der Waals surface area contributed by atoms with Crippen molar-refractivity contribution in [3.63, 3.8) is 0 Å². The Kier molecular flexibility index (Phi) is 4.61. The summed E-state index contributed by atoms with van der Waals surface area (Å²) in [5, 5.41) is 0.